The van der Waals surface area contributed by atoms with Gasteiger partial charge in [-0.1, -0.05) is 6.07 Å². The molecule has 3 nitrogen and oxygen atoms in total. The van der Waals surface area contributed by atoms with E-state index in [-0.39, 0.29) is 0 Å². The van der Waals surface area contributed by atoms with Crippen LogP contribution in [-0.4, -0.2) is 13.2 Å². The quantitative estimate of drug-likeness (QED) is 0.912. The van der Waals surface area contributed by atoms with E-state index in [0.29, 0.717) is 19.3 Å². The Bertz CT molecular complexity index is 607. The maximum Gasteiger partial charge on any atom is 0.161 e. The van der Waals surface area contributed by atoms with Gasteiger partial charge in [-0.25, -0.2) is 0 Å². The Balaban J connectivity index is 1.53. The van der Waals surface area contributed by atoms with Gasteiger partial charge in [0.15, 0.2) is 11.5 Å². The first-order valence-electron chi connectivity index (χ1n) is 7.54. The summed E-state index contributed by atoms with van der Waals surface area (Å²) >= 11 is 1.75. The van der Waals surface area contributed by atoms with Crippen molar-refractivity contribution in [3.8, 4) is 11.5 Å². The largest absolute Gasteiger partial charge is 0.486 e. The van der Waals surface area contributed by atoms with Crippen LogP contribution in [-0.2, 0) is 6.54 Å². The average molecular weight is 301 g/mol. The third-order valence-corrected chi connectivity index (χ3v) is 4.86. The molecule has 2 aromatic rings. The normalized spacial score (nSPS) is 18.5. The monoisotopic (exact) mass is 301 g/mol. The van der Waals surface area contributed by atoms with Crippen molar-refractivity contribution in [1.29, 1.82) is 0 Å². The zero-order chi connectivity index (χ0) is 14.1. The standard InChI is InChI=1S/C17H19NO2S/c1-2-13(1)17(18-10-12-5-8-21-11-12)14-3-4-15-16(9-14)20-7-6-19-15/h3-5,8-9,11,13,17-18H,1-2,6-7,10H2. The number of ether oxygens (including phenoxy) is 2. The van der Waals surface area contributed by atoms with Crippen molar-refractivity contribution in [2.45, 2.75) is 25.4 Å². The van der Waals surface area contributed by atoms with Gasteiger partial charge < -0.3 is 14.8 Å². The first-order valence-corrected chi connectivity index (χ1v) is 8.48. The molecule has 0 saturated heterocycles. The van der Waals surface area contributed by atoms with Gasteiger partial charge in [0, 0.05) is 12.6 Å². The Hall–Kier alpha value is -1.52. The SMILES string of the molecule is c1cc(CNC(c2ccc3c(c2)OCCO3)C2CC2)cs1. The topological polar surface area (TPSA) is 30.5 Å². The molecule has 1 aromatic heterocycles. The molecule has 4 heteroatoms. The van der Waals surface area contributed by atoms with E-state index in [1.807, 2.05) is 6.07 Å². The van der Waals surface area contributed by atoms with Gasteiger partial charge in [0.2, 0.25) is 0 Å². The Morgan fingerprint density at radius 1 is 1.14 bits per heavy atom. The summed E-state index contributed by atoms with van der Waals surface area (Å²) in [4.78, 5) is 0. The molecule has 4 rings (SSSR count). The molecule has 1 fully saturated rings. The van der Waals surface area contributed by atoms with Gasteiger partial charge in [-0.2, -0.15) is 11.3 Å². The minimum atomic E-state index is 0.417. The predicted octanol–water partition coefficient (Wildman–Crippen LogP) is 3.76. The molecule has 1 aliphatic carbocycles. The van der Waals surface area contributed by atoms with E-state index in [1.165, 1.54) is 24.0 Å². The molecule has 2 heterocycles. The molecule has 0 radical (unpaired) electrons. The molecule has 21 heavy (non-hydrogen) atoms. The second-order valence-electron chi connectivity index (χ2n) is 5.73. The summed E-state index contributed by atoms with van der Waals surface area (Å²) in [6, 6.07) is 8.98. The number of rotatable bonds is 5. The summed E-state index contributed by atoms with van der Waals surface area (Å²) in [6.07, 6.45) is 2.63. The minimum Gasteiger partial charge on any atom is -0.486 e. The van der Waals surface area contributed by atoms with Gasteiger partial charge in [-0.05, 0) is 58.8 Å². The number of thiophene rings is 1. The molecule has 110 valence electrons. The molecule has 1 saturated carbocycles. The second kappa shape index (κ2) is 5.70. The molecule has 0 bridgehead atoms. The fourth-order valence-corrected chi connectivity index (χ4v) is 3.53. The van der Waals surface area contributed by atoms with Crippen molar-refractivity contribution in [3.05, 3.63) is 46.2 Å². The summed E-state index contributed by atoms with van der Waals surface area (Å²) in [5.74, 6) is 2.52. The van der Waals surface area contributed by atoms with Crippen LogP contribution in [0.1, 0.15) is 30.0 Å². The lowest BCUT2D eigenvalue weighted by Gasteiger charge is -2.23. The van der Waals surface area contributed by atoms with Crippen molar-refractivity contribution in [3.63, 3.8) is 0 Å². The maximum atomic E-state index is 5.71. The Kier molecular flexibility index (Phi) is 3.57. The van der Waals surface area contributed by atoms with E-state index < -0.39 is 0 Å². The smallest absolute Gasteiger partial charge is 0.161 e. The Morgan fingerprint density at radius 2 is 2.00 bits per heavy atom. The lowest BCUT2D eigenvalue weighted by Crippen LogP contribution is -2.23. The summed E-state index contributed by atoms with van der Waals surface area (Å²) in [5, 5.41) is 8.06. The van der Waals surface area contributed by atoms with Crippen LogP contribution in [0.25, 0.3) is 0 Å². The first-order chi connectivity index (χ1) is 10.4. The molecule has 1 unspecified atom stereocenters. The van der Waals surface area contributed by atoms with Crippen molar-refractivity contribution >= 4 is 11.3 Å². The van der Waals surface area contributed by atoms with Gasteiger partial charge in [-0.3, -0.25) is 0 Å². The lowest BCUT2D eigenvalue weighted by molar-refractivity contribution is 0.171. The fourth-order valence-electron chi connectivity index (χ4n) is 2.86. The van der Waals surface area contributed by atoms with E-state index in [4.69, 9.17) is 9.47 Å². The van der Waals surface area contributed by atoms with Gasteiger partial charge in [-0.15, -0.1) is 0 Å². The molecule has 1 aliphatic heterocycles. The number of nitrogens with one attached hydrogen (secondary N) is 1. The van der Waals surface area contributed by atoms with Crippen molar-refractivity contribution in [2.24, 2.45) is 5.92 Å². The lowest BCUT2D eigenvalue weighted by atomic mass is 10.0. The van der Waals surface area contributed by atoms with Gasteiger partial charge >= 0.3 is 0 Å². The van der Waals surface area contributed by atoms with E-state index in [2.05, 4.69) is 34.3 Å². The number of hydrogen-bond acceptors (Lipinski definition) is 4. The second-order valence-corrected chi connectivity index (χ2v) is 6.51. The van der Waals surface area contributed by atoms with Crippen molar-refractivity contribution < 1.29 is 9.47 Å². The van der Waals surface area contributed by atoms with Crippen LogP contribution in [0.15, 0.2) is 35.0 Å². The summed E-state index contributed by atoms with van der Waals surface area (Å²) in [6.45, 7) is 2.22. The van der Waals surface area contributed by atoms with Crippen LogP contribution in [0.3, 0.4) is 0 Å². The molecule has 1 aromatic carbocycles. The molecular weight excluding hydrogens is 282 g/mol. The summed E-state index contributed by atoms with van der Waals surface area (Å²) in [7, 11) is 0. The molecule has 1 atom stereocenters. The first kappa shape index (κ1) is 13.2. The highest BCUT2D eigenvalue weighted by atomic mass is 32.1. The molecule has 2 aliphatic rings. The van der Waals surface area contributed by atoms with Gasteiger partial charge in [0.05, 0.1) is 0 Å². The molecule has 1 N–H and O–H groups in total. The highest BCUT2D eigenvalue weighted by molar-refractivity contribution is 7.07. The third-order valence-electron chi connectivity index (χ3n) is 4.12. The minimum absolute atomic E-state index is 0.417. The highest BCUT2D eigenvalue weighted by Gasteiger charge is 2.32. The number of hydrogen-bond donors (Lipinski definition) is 1. The summed E-state index contributed by atoms with van der Waals surface area (Å²) < 4.78 is 11.3. The average Bonchev–Trinajstić information content (AvgIpc) is 3.23. The molecule has 0 amide bonds. The predicted molar refractivity (Wildman–Crippen MR) is 84.1 cm³/mol. The maximum absolute atomic E-state index is 5.71. The van der Waals surface area contributed by atoms with Crippen molar-refractivity contribution in [1.82, 2.24) is 5.32 Å². The van der Waals surface area contributed by atoms with Crippen LogP contribution in [0, 0.1) is 5.92 Å². The van der Waals surface area contributed by atoms with Crippen LogP contribution >= 0.6 is 11.3 Å². The Morgan fingerprint density at radius 3 is 2.76 bits per heavy atom. The number of fused-ring (bicyclic) bond motifs is 1. The van der Waals surface area contributed by atoms with Crippen LogP contribution < -0.4 is 14.8 Å². The van der Waals surface area contributed by atoms with E-state index in [9.17, 15) is 0 Å². The fraction of sp³-hybridized carbons (Fsp3) is 0.412. The van der Waals surface area contributed by atoms with Gasteiger partial charge in [0.25, 0.3) is 0 Å². The third kappa shape index (κ3) is 2.92. The van der Waals surface area contributed by atoms with E-state index >= 15 is 0 Å². The van der Waals surface area contributed by atoms with Crippen LogP contribution in [0.2, 0.25) is 0 Å². The number of benzene rings is 1. The van der Waals surface area contributed by atoms with Crippen LogP contribution in [0.4, 0.5) is 0 Å². The van der Waals surface area contributed by atoms with Gasteiger partial charge in [0.1, 0.15) is 13.2 Å². The van der Waals surface area contributed by atoms with E-state index in [1.54, 1.807) is 11.3 Å². The molecular formula is C17H19NO2S. The van der Waals surface area contributed by atoms with Crippen LogP contribution in [0.5, 0.6) is 11.5 Å². The Labute approximate surface area is 128 Å². The molecule has 0 spiro atoms. The highest BCUT2D eigenvalue weighted by Crippen LogP contribution is 2.43. The zero-order valence-electron chi connectivity index (χ0n) is 11.9. The zero-order valence-corrected chi connectivity index (χ0v) is 12.7. The van der Waals surface area contributed by atoms with E-state index in [0.717, 1.165) is 24.0 Å². The van der Waals surface area contributed by atoms with Crippen molar-refractivity contribution in [2.75, 3.05) is 13.2 Å². The summed E-state index contributed by atoms with van der Waals surface area (Å²) in [5.41, 5.74) is 2.68.